The van der Waals surface area contributed by atoms with Crippen LogP contribution in [-0.4, -0.2) is 45.9 Å². The molecule has 2 unspecified atom stereocenters. The first-order valence-corrected chi connectivity index (χ1v) is 9.85. The van der Waals surface area contributed by atoms with E-state index >= 15 is 0 Å². The first-order chi connectivity index (χ1) is 14.5. The van der Waals surface area contributed by atoms with E-state index in [1.807, 2.05) is 61.5 Å². The Bertz CT molecular complexity index is 1130. The summed E-state index contributed by atoms with van der Waals surface area (Å²) in [6.07, 6.45) is 1.06. The van der Waals surface area contributed by atoms with Gasteiger partial charge < -0.3 is 14.7 Å². The summed E-state index contributed by atoms with van der Waals surface area (Å²) < 4.78 is 7.18. The highest BCUT2D eigenvalue weighted by Gasteiger charge is 2.38. The topological polar surface area (TPSA) is 84.7 Å². The first-order valence-electron chi connectivity index (χ1n) is 9.85. The summed E-state index contributed by atoms with van der Waals surface area (Å²) in [5.74, 6) is -0.423. The lowest BCUT2D eigenvalue weighted by Gasteiger charge is -2.37. The number of carbonyl (C=O) groups is 1. The number of hydrogen-bond acceptors (Lipinski definition) is 5. The van der Waals surface area contributed by atoms with Crippen molar-refractivity contribution in [2.24, 2.45) is 0 Å². The molecule has 0 saturated heterocycles. The molecule has 1 amide bonds. The molecule has 1 aliphatic heterocycles. The minimum absolute atomic E-state index is 0.0804. The van der Waals surface area contributed by atoms with Gasteiger partial charge in [-0.1, -0.05) is 42.5 Å². The van der Waals surface area contributed by atoms with Crippen molar-refractivity contribution < 1.29 is 14.6 Å². The molecule has 1 aliphatic rings. The maximum absolute atomic E-state index is 12.7. The summed E-state index contributed by atoms with van der Waals surface area (Å²) in [5.41, 5.74) is 1.28. The molecule has 2 heterocycles. The van der Waals surface area contributed by atoms with E-state index in [1.165, 1.54) is 9.58 Å². The second-order valence-electron chi connectivity index (χ2n) is 7.30. The third-order valence-electron chi connectivity index (χ3n) is 5.38. The molecule has 2 atom stereocenters. The zero-order valence-corrected chi connectivity index (χ0v) is 16.9. The van der Waals surface area contributed by atoms with E-state index in [0.717, 1.165) is 23.1 Å². The van der Waals surface area contributed by atoms with Gasteiger partial charge in [0.25, 0.3) is 5.91 Å². The molecule has 0 fully saturated rings. The van der Waals surface area contributed by atoms with Crippen molar-refractivity contribution in [3.05, 3.63) is 87.8 Å². The molecule has 7 nitrogen and oxygen atoms in total. The number of nitrogens with zero attached hydrogens (tertiary/aromatic N) is 3. The van der Waals surface area contributed by atoms with E-state index < -0.39 is 17.1 Å². The molecule has 1 N–H and O–H groups in total. The number of ether oxygens (including phenoxy) is 1. The van der Waals surface area contributed by atoms with Gasteiger partial charge in [0.2, 0.25) is 5.43 Å². The van der Waals surface area contributed by atoms with Crippen molar-refractivity contribution in [3.8, 4) is 11.5 Å². The van der Waals surface area contributed by atoms with Crippen molar-refractivity contribution in [1.82, 2.24) is 14.7 Å². The number of aromatic hydroxyl groups is 1. The Morgan fingerprint density at radius 3 is 2.60 bits per heavy atom. The molecule has 4 rings (SSSR count). The van der Waals surface area contributed by atoms with Gasteiger partial charge in [0.05, 0.1) is 18.8 Å². The van der Waals surface area contributed by atoms with E-state index in [1.54, 1.807) is 7.05 Å². The lowest BCUT2D eigenvalue weighted by atomic mass is 9.83. The maximum Gasteiger partial charge on any atom is 0.275 e. The lowest BCUT2D eigenvalue weighted by molar-refractivity contribution is 0.0686. The van der Waals surface area contributed by atoms with Gasteiger partial charge in [0.15, 0.2) is 11.4 Å². The second kappa shape index (κ2) is 8.02. The van der Waals surface area contributed by atoms with Crippen molar-refractivity contribution in [2.45, 2.75) is 18.9 Å². The molecule has 1 aromatic heterocycles. The third-order valence-corrected chi connectivity index (χ3v) is 5.38. The van der Waals surface area contributed by atoms with Gasteiger partial charge in [-0.3, -0.25) is 14.3 Å². The number of hydrogen-bond donors (Lipinski definition) is 1. The van der Waals surface area contributed by atoms with Gasteiger partial charge in [-0.25, -0.2) is 0 Å². The van der Waals surface area contributed by atoms with Gasteiger partial charge in [0.1, 0.15) is 5.75 Å². The van der Waals surface area contributed by atoms with Crippen LogP contribution < -0.4 is 10.2 Å². The van der Waals surface area contributed by atoms with E-state index in [9.17, 15) is 14.7 Å². The number of carbonyl (C=O) groups excluding carboxylic acids is 1. The van der Waals surface area contributed by atoms with Crippen LogP contribution in [0.25, 0.3) is 0 Å². The number of fused-ring (bicyclic) bond motifs is 1. The summed E-state index contributed by atoms with van der Waals surface area (Å²) in [4.78, 5) is 26.2. The molecular formula is C23H23N3O4. The van der Waals surface area contributed by atoms with Gasteiger partial charge in [0, 0.05) is 19.5 Å². The predicted octanol–water partition coefficient (Wildman–Crippen LogP) is 2.81. The SMILES string of the molecule is CCOc1cccc(C(c2ccccc2)C2CN(C)C(=O)c3c(O)c(=O)cnn32)c1. The molecule has 3 aromatic rings. The van der Waals surface area contributed by atoms with Crippen molar-refractivity contribution in [3.63, 3.8) is 0 Å². The van der Waals surface area contributed by atoms with Gasteiger partial charge in [-0.2, -0.15) is 5.10 Å². The molecule has 0 spiro atoms. The molecule has 30 heavy (non-hydrogen) atoms. The zero-order valence-electron chi connectivity index (χ0n) is 16.9. The highest BCUT2D eigenvalue weighted by molar-refractivity contribution is 5.95. The Hall–Kier alpha value is -3.61. The Balaban J connectivity index is 1.92. The Labute approximate surface area is 174 Å². The van der Waals surface area contributed by atoms with Gasteiger partial charge in [-0.15, -0.1) is 0 Å². The number of aromatic nitrogens is 2. The van der Waals surface area contributed by atoms with Crippen LogP contribution in [0.1, 0.15) is 40.5 Å². The summed E-state index contributed by atoms with van der Waals surface area (Å²) in [6.45, 7) is 2.86. The molecule has 7 heteroatoms. The summed E-state index contributed by atoms with van der Waals surface area (Å²) in [7, 11) is 1.66. The van der Waals surface area contributed by atoms with Crippen molar-refractivity contribution >= 4 is 5.91 Å². The van der Waals surface area contributed by atoms with Crippen LogP contribution in [0, 0.1) is 0 Å². The Morgan fingerprint density at radius 2 is 1.87 bits per heavy atom. The average Bonchev–Trinajstić information content (AvgIpc) is 2.75. The highest BCUT2D eigenvalue weighted by atomic mass is 16.5. The van der Waals surface area contributed by atoms with Crippen molar-refractivity contribution in [1.29, 1.82) is 0 Å². The Morgan fingerprint density at radius 1 is 1.13 bits per heavy atom. The monoisotopic (exact) mass is 405 g/mol. The van der Waals surface area contributed by atoms with E-state index in [-0.39, 0.29) is 17.7 Å². The molecule has 0 bridgehead atoms. The number of likely N-dealkylation sites (N-methyl/N-ethyl adjacent to an activating group) is 1. The molecule has 2 aromatic carbocycles. The standard InChI is InChI=1S/C23H23N3O4/c1-3-30-17-11-7-10-16(12-17)20(15-8-5-4-6-9-15)18-14-25(2)23(29)21-22(28)19(27)13-24-26(18)21/h4-13,18,20,28H,3,14H2,1-2H3. The minimum Gasteiger partial charge on any atom is -0.502 e. The largest absolute Gasteiger partial charge is 0.502 e. The molecule has 154 valence electrons. The molecule has 0 saturated carbocycles. The lowest BCUT2D eigenvalue weighted by Crippen LogP contribution is -2.45. The van der Waals surface area contributed by atoms with Crippen LogP contribution in [0.3, 0.4) is 0 Å². The van der Waals surface area contributed by atoms with E-state index in [0.29, 0.717) is 13.2 Å². The van der Waals surface area contributed by atoms with E-state index in [2.05, 4.69) is 5.10 Å². The zero-order chi connectivity index (χ0) is 21.3. The summed E-state index contributed by atoms with van der Waals surface area (Å²) in [5, 5.41) is 14.6. The van der Waals surface area contributed by atoms with Crippen LogP contribution in [0.5, 0.6) is 11.5 Å². The predicted molar refractivity (Wildman–Crippen MR) is 112 cm³/mol. The van der Waals surface area contributed by atoms with Crippen LogP contribution >= 0.6 is 0 Å². The fraction of sp³-hybridized carbons (Fsp3) is 0.261. The fourth-order valence-corrected chi connectivity index (χ4v) is 4.04. The number of rotatable bonds is 5. The minimum atomic E-state index is -0.668. The van der Waals surface area contributed by atoms with Crippen molar-refractivity contribution in [2.75, 3.05) is 20.2 Å². The van der Waals surface area contributed by atoms with Gasteiger partial charge >= 0.3 is 0 Å². The van der Waals surface area contributed by atoms with Crippen LogP contribution in [0.4, 0.5) is 0 Å². The Kier molecular flexibility index (Phi) is 5.27. The third kappa shape index (κ3) is 3.43. The fourth-order valence-electron chi connectivity index (χ4n) is 4.04. The van der Waals surface area contributed by atoms with Gasteiger partial charge in [-0.05, 0) is 30.2 Å². The van der Waals surface area contributed by atoms with Crippen LogP contribution in [0.15, 0.2) is 65.6 Å². The highest BCUT2D eigenvalue weighted by Crippen LogP contribution is 2.39. The summed E-state index contributed by atoms with van der Waals surface area (Å²) in [6, 6.07) is 17.4. The maximum atomic E-state index is 12.7. The normalized spacial score (nSPS) is 16.8. The second-order valence-corrected chi connectivity index (χ2v) is 7.30. The van der Waals surface area contributed by atoms with Crippen LogP contribution in [0.2, 0.25) is 0 Å². The van der Waals surface area contributed by atoms with Crippen LogP contribution in [-0.2, 0) is 0 Å². The van der Waals surface area contributed by atoms with E-state index in [4.69, 9.17) is 4.74 Å². The average molecular weight is 405 g/mol. The number of amides is 1. The molecule has 0 aliphatic carbocycles. The molecular weight excluding hydrogens is 382 g/mol. The summed E-state index contributed by atoms with van der Waals surface area (Å²) >= 11 is 0. The first kappa shape index (κ1) is 19.7. The molecule has 0 radical (unpaired) electrons. The smallest absolute Gasteiger partial charge is 0.275 e. The quantitative estimate of drug-likeness (QED) is 0.706. The number of benzene rings is 2.